The molecule has 3 nitrogen and oxygen atoms in total. The number of thioether (sulfide) groups is 1. The largest absolute Gasteiger partial charge is 0.313 e. The number of aryl methyl sites for hydroxylation is 1. The van der Waals surface area contributed by atoms with Crippen molar-refractivity contribution in [1.29, 1.82) is 0 Å². The summed E-state index contributed by atoms with van der Waals surface area (Å²) in [5.74, 6) is 1.59. The van der Waals surface area contributed by atoms with Crippen LogP contribution in [0.15, 0.2) is 35.4 Å². The number of hydrogen-bond donors (Lipinski definition) is 1. The first kappa shape index (κ1) is 15.3. The number of nitrogens with zero attached hydrogens (tertiary/aromatic N) is 2. The summed E-state index contributed by atoms with van der Waals surface area (Å²) >= 11 is 7.66. The molecule has 0 saturated heterocycles. The van der Waals surface area contributed by atoms with Gasteiger partial charge < -0.3 is 5.32 Å². The highest BCUT2D eigenvalue weighted by Gasteiger charge is 2.09. The molecule has 0 spiro atoms. The minimum absolute atomic E-state index is 0.268. The molecule has 0 amide bonds. The summed E-state index contributed by atoms with van der Waals surface area (Å²) in [5, 5.41) is 3.96. The molecule has 1 heterocycles. The van der Waals surface area contributed by atoms with E-state index in [9.17, 15) is 0 Å². The van der Waals surface area contributed by atoms with E-state index in [0.717, 1.165) is 32.8 Å². The topological polar surface area (TPSA) is 37.8 Å². The molecule has 0 saturated carbocycles. The van der Waals surface area contributed by atoms with Crippen molar-refractivity contribution >= 4 is 23.4 Å². The van der Waals surface area contributed by atoms with Gasteiger partial charge in [-0.05, 0) is 39.1 Å². The molecule has 2 aromatic rings. The molecular weight excluding hydrogens is 290 g/mol. The van der Waals surface area contributed by atoms with Gasteiger partial charge in [-0.15, -0.1) is 11.8 Å². The van der Waals surface area contributed by atoms with Crippen molar-refractivity contribution in [2.45, 2.75) is 30.5 Å². The zero-order valence-corrected chi connectivity index (χ0v) is 13.4. The Hall–Kier alpha value is -1.10. The Kier molecular flexibility index (Phi) is 5.40. The maximum Gasteiger partial charge on any atom is 0.138 e. The quantitative estimate of drug-likeness (QED) is 0.847. The molecule has 0 bridgehead atoms. The first-order valence-electron chi connectivity index (χ1n) is 6.48. The molecule has 0 aliphatic rings. The van der Waals surface area contributed by atoms with Crippen molar-refractivity contribution in [1.82, 2.24) is 15.3 Å². The van der Waals surface area contributed by atoms with Crippen molar-refractivity contribution in [3.8, 4) is 0 Å². The van der Waals surface area contributed by atoms with Crippen molar-refractivity contribution in [2.75, 3.05) is 7.05 Å². The van der Waals surface area contributed by atoms with Crippen molar-refractivity contribution < 1.29 is 0 Å². The van der Waals surface area contributed by atoms with Crippen LogP contribution < -0.4 is 5.32 Å². The number of nitrogens with one attached hydrogen (secondary N) is 1. The van der Waals surface area contributed by atoms with Crippen molar-refractivity contribution in [3.05, 3.63) is 52.6 Å². The summed E-state index contributed by atoms with van der Waals surface area (Å²) in [5.41, 5.74) is 2.17. The first-order chi connectivity index (χ1) is 9.60. The average Bonchev–Trinajstić information content (AvgIpc) is 2.44. The van der Waals surface area contributed by atoms with Crippen LogP contribution in [0.4, 0.5) is 0 Å². The summed E-state index contributed by atoms with van der Waals surface area (Å²) in [6.45, 7) is 4.13. The summed E-state index contributed by atoms with van der Waals surface area (Å²) < 4.78 is 0. The molecule has 106 valence electrons. The molecule has 0 aliphatic carbocycles. The molecule has 5 heteroatoms. The van der Waals surface area contributed by atoms with Gasteiger partial charge in [-0.3, -0.25) is 0 Å². The SMILES string of the molecule is CNC(C)c1cnc(CSc2cccc(Cl)c2)nc1C. The van der Waals surface area contributed by atoms with Crippen LogP contribution in [0.3, 0.4) is 0 Å². The summed E-state index contributed by atoms with van der Waals surface area (Å²) in [6, 6.07) is 8.09. The Labute approximate surface area is 129 Å². The summed E-state index contributed by atoms with van der Waals surface area (Å²) in [4.78, 5) is 10.1. The van der Waals surface area contributed by atoms with Crippen LogP contribution in [-0.4, -0.2) is 17.0 Å². The van der Waals surface area contributed by atoms with Gasteiger partial charge in [-0.1, -0.05) is 17.7 Å². The first-order valence-corrected chi connectivity index (χ1v) is 7.84. The minimum atomic E-state index is 0.268. The third-order valence-electron chi connectivity index (χ3n) is 3.13. The fourth-order valence-electron chi connectivity index (χ4n) is 1.88. The van der Waals surface area contributed by atoms with Crippen LogP contribution in [0.25, 0.3) is 0 Å². The predicted octanol–water partition coefficient (Wildman–Crippen LogP) is 4.01. The third kappa shape index (κ3) is 3.95. The normalized spacial score (nSPS) is 12.4. The fraction of sp³-hybridized carbons (Fsp3) is 0.333. The standard InChI is InChI=1S/C15H18ClN3S/c1-10(17-3)14-8-18-15(19-11(14)2)9-20-13-6-4-5-12(16)7-13/h4-8,10,17H,9H2,1-3H3. The Morgan fingerprint density at radius 3 is 2.85 bits per heavy atom. The number of benzene rings is 1. The van der Waals surface area contributed by atoms with Gasteiger partial charge in [0.1, 0.15) is 5.82 Å². The zero-order chi connectivity index (χ0) is 14.5. The minimum Gasteiger partial charge on any atom is -0.313 e. The lowest BCUT2D eigenvalue weighted by Crippen LogP contribution is -2.15. The van der Waals surface area contributed by atoms with E-state index < -0.39 is 0 Å². The summed E-state index contributed by atoms with van der Waals surface area (Å²) in [7, 11) is 1.94. The van der Waals surface area contributed by atoms with E-state index in [2.05, 4.69) is 22.2 Å². The van der Waals surface area contributed by atoms with Crippen LogP contribution in [0, 0.1) is 6.92 Å². The Bertz CT molecular complexity index is 589. The second-order valence-electron chi connectivity index (χ2n) is 4.58. The predicted molar refractivity (Wildman–Crippen MR) is 85.3 cm³/mol. The molecule has 1 N–H and O–H groups in total. The van der Waals surface area contributed by atoms with E-state index in [1.807, 2.05) is 44.4 Å². The second kappa shape index (κ2) is 7.07. The number of hydrogen-bond acceptors (Lipinski definition) is 4. The molecule has 1 aromatic carbocycles. The molecule has 0 fully saturated rings. The third-order valence-corrected chi connectivity index (χ3v) is 4.36. The molecule has 20 heavy (non-hydrogen) atoms. The Morgan fingerprint density at radius 2 is 2.20 bits per heavy atom. The number of rotatable bonds is 5. The highest BCUT2D eigenvalue weighted by molar-refractivity contribution is 7.98. The molecular formula is C15H18ClN3S. The molecule has 1 atom stereocenters. The fourth-order valence-corrected chi connectivity index (χ4v) is 2.95. The maximum atomic E-state index is 5.97. The smallest absolute Gasteiger partial charge is 0.138 e. The maximum absolute atomic E-state index is 5.97. The molecule has 1 aromatic heterocycles. The lowest BCUT2D eigenvalue weighted by molar-refractivity contribution is 0.639. The van der Waals surface area contributed by atoms with E-state index >= 15 is 0 Å². The van der Waals surface area contributed by atoms with Gasteiger partial charge in [0.05, 0.1) is 5.75 Å². The van der Waals surface area contributed by atoms with Crippen molar-refractivity contribution in [3.63, 3.8) is 0 Å². The van der Waals surface area contributed by atoms with Gasteiger partial charge in [0, 0.05) is 33.4 Å². The van der Waals surface area contributed by atoms with E-state index in [4.69, 9.17) is 11.6 Å². The van der Waals surface area contributed by atoms with E-state index in [1.54, 1.807) is 11.8 Å². The highest BCUT2D eigenvalue weighted by Crippen LogP contribution is 2.24. The van der Waals surface area contributed by atoms with Gasteiger partial charge in [0.25, 0.3) is 0 Å². The molecule has 0 aliphatic heterocycles. The summed E-state index contributed by atoms with van der Waals surface area (Å²) in [6.07, 6.45) is 1.91. The molecule has 1 unspecified atom stereocenters. The van der Waals surface area contributed by atoms with E-state index in [-0.39, 0.29) is 6.04 Å². The highest BCUT2D eigenvalue weighted by atomic mass is 35.5. The van der Waals surface area contributed by atoms with Gasteiger partial charge in [-0.2, -0.15) is 0 Å². The van der Waals surface area contributed by atoms with Crippen LogP contribution in [0.5, 0.6) is 0 Å². The lowest BCUT2D eigenvalue weighted by Gasteiger charge is -2.13. The average molecular weight is 308 g/mol. The van der Waals surface area contributed by atoms with Crippen molar-refractivity contribution in [2.24, 2.45) is 0 Å². The lowest BCUT2D eigenvalue weighted by atomic mass is 10.1. The number of halogens is 1. The van der Waals surface area contributed by atoms with E-state index in [1.165, 1.54) is 0 Å². The van der Waals surface area contributed by atoms with Gasteiger partial charge >= 0.3 is 0 Å². The van der Waals surface area contributed by atoms with Crippen LogP contribution >= 0.6 is 23.4 Å². The molecule has 0 radical (unpaired) electrons. The van der Waals surface area contributed by atoms with Gasteiger partial charge in [0.2, 0.25) is 0 Å². The Morgan fingerprint density at radius 1 is 1.40 bits per heavy atom. The van der Waals surface area contributed by atoms with Gasteiger partial charge in [0.15, 0.2) is 0 Å². The van der Waals surface area contributed by atoms with Crippen LogP contribution in [-0.2, 0) is 5.75 Å². The monoisotopic (exact) mass is 307 g/mol. The number of aromatic nitrogens is 2. The van der Waals surface area contributed by atoms with Crippen LogP contribution in [0.1, 0.15) is 30.0 Å². The van der Waals surface area contributed by atoms with Crippen LogP contribution in [0.2, 0.25) is 5.02 Å². The second-order valence-corrected chi connectivity index (χ2v) is 6.07. The Balaban J connectivity index is 2.05. The van der Waals surface area contributed by atoms with E-state index in [0.29, 0.717) is 0 Å². The zero-order valence-electron chi connectivity index (χ0n) is 11.9. The van der Waals surface area contributed by atoms with Gasteiger partial charge in [-0.25, -0.2) is 9.97 Å². The molecule has 2 rings (SSSR count).